The van der Waals surface area contributed by atoms with Gasteiger partial charge in [0, 0.05) is 52.1 Å². The Labute approximate surface area is 91.2 Å². The molecule has 0 aromatic rings. The van der Waals surface area contributed by atoms with Gasteiger partial charge in [0.25, 0.3) is 0 Å². The van der Waals surface area contributed by atoms with Crippen LogP contribution in [0.3, 0.4) is 0 Å². The Bertz CT molecular complexity index is 211. The molecule has 0 N–H and O–H groups in total. The fourth-order valence-corrected chi connectivity index (χ4v) is 1.79. The van der Waals surface area contributed by atoms with Crippen LogP contribution in [0.5, 0.6) is 0 Å². The van der Waals surface area contributed by atoms with E-state index in [0.29, 0.717) is 12.8 Å². The highest BCUT2D eigenvalue weighted by molar-refractivity contribution is 5.75. The summed E-state index contributed by atoms with van der Waals surface area (Å²) in [6.45, 7) is 7.48. The summed E-state index contributed by atoms with van der Waals surface area (Å²) in [4.78, 5) is 25.7. The number of aldehydes is 1. The van der Waals surface area contributed by atoms with Gasteiger partial charge < -0.3 is 14.6 Å². The van der Waals surface area contributed by atoms with E-state index in [9.17, 15) is 9.59 Å². The minimum atomic E-state index is 0.262. The molecular formula is C11H20N2O2. The fraction of sp³-hybridized carbons (Fsp3) is 0.818. The summed E-state index contributed by atoms with van der Waals surface area (Å²) in [6, 6.07) is 0. The Morgan fingerprint density at radius 1 is 1.13 bits per heavy atom. The van der Waals surface area contributed by atoms with Crippen LogP contribution in [0.1, 0.15) is 19.8 Å². The lowest BCUT2D eigenvalue weighted by atomic mass is 10.2. The number of carbonyl (C=O) groups excluding carboxylic acids is 2. The summed E-state index contributed by atoms with van der Waals surface area (Å²) < 4.78 is 0. The Balaban J connectivity index is 2.12. The van der Waals surface area contributed by atoms with Crippen LogP contribution in [-0.4, -0.2) is 61.1 Å². The van der Waals surface area contributed by atoms with E-state index in [1.54, 1.807) is 6.92 Å². The van der Waals surface area contributed by atoms with Crippen LogP contribution in [0.25, 0.3) is 0 Å². The van der Waals surface area contributed by atoms with Crippen molar-refractivity contribution in [2.24, 2.45) is 0 Å². The molecule has 86 valence electrons. The third kappa shape index (κ3) is 5.04. The zero-order chi connectivity index (χ0) is 11.1. The SMILES string of the molecule is CC(=O)CCN1CCN(CCC=O)CC1. The van der Waals surface area contributed by atoms with Gasteiger partial charge in [-0.1, -0.05) is 0 Å². The normalized spacial score (nSPS) is 19.0. The van der Waals surface area contributed by atoms with Crippen molar-refractivity contribution in [3.05, 3.63) is 0 Å². The number of rotatable bonds is 6. The van der Waals surface area contributed by atoms with Crippen molar-refractivity contribution < 1.29 is 9.59 Å². The Kier molecular flexibility index (Phi) is 5.50. The molecule has 0 atom stereocenters. The van der Waals surface area contributed by atoms with Gasteiger partial charge in [-0.15, -0.1) is 0 Å². The van der Waals surface area contributed by atoms with Crippen LogP contribution in [0.2, 0.25) is 0 Å². The molecule has 0 aromatic carbocycles. The first-order valence-electron chi connectivity index (χ1n) is 5.60. The molecule has 0 aromatic heterocycles. The third-order valence-corrected chi connectivity index (χ3v) is 2.81. The Morgan fingerprint density at radius 2 is 1.67 bits per heavy atom. The van der Waals surface area contributed by atoms with Gasteiger partial charge in [0.05, 0.1) is 0 Å². The van der Waals surface area contributed by atoms with Gasteiger partial charge in [-0.2, -0.15) is 0 Å². The van der Waals surface area contributed by atoms with Crippen molar-refractivity contribution >= 4 is 12.1 Å². The topological polar surface area (TPSA) is 40.6 Å². The largest absolute Gasteiger partial charge is 0.303 e. The summed E-state index contributed by atoms with van der Waals surface area (Å²) in [6.07, 6.45) is 2.27. The molecular weight excluding hydrogens is 192 g/mol. The third-order valence-electron chi connectivity index (χ3n) is 2.81. The van der Waals surface area contributed by atoms with E-state index in [2.05, 4.69) is 9.80 Å². The average molecular weight is 212 g/mol. The molecule has 0 saturated carbocycles. The molecule has 1 heterocycles. The van der Waals surface area contributed by atoms with Crippen LogP contribution in [-0.2, 0) is 9.59 Å². The number of ketones is 1. The van der Waals surface area contributed by atoms with E-state index in [0.717, 1.165) is 45.6 Å². The van der Waals surface area contributed by atoms with Crippen molar-refractivity contribution in [1.82, 2.24) is 9.80 Å². The van der Waals surface area contributed by atoms with Gasteiger partial charge in [-0.25, -0.2) is 0 Å². The molecule has 1 saturated heterocycles. The molecule has 0 amide bonds. The van der Waals surface area contributed by atoms with Crippen molar-refractivity contribution in [2.75, 3.05) is 39.3 Å². The Hall–Kier alpha value is -0.740. The smallest absolute Gasteiger partial charge is 0.131 e. The summed E-state index contributed by atoms with van der Waals surface area (Å²) in [7, 11) is 0. The van der Waals surface area contributed by atoms with Crippen molar-refractivity contribution in [2.45, 2.75) is 19.8 Å². The predicted octanol–water partition coefficient (Wildman–Crippen LogP) is 0.172. The number of piperazine rings is 1. The van der Waals surface area contributed by atoms with Crippen LogP contribution in [0.15, 0.2) is 0 Å². The van der Waals surface area contributed by atoms with E-state index in [1.807, 2.05) is 0 Å². The molecule has 1 rings (SSSR count). The molecule has 0 bridgehead atoms. The number of Topliss-reactive ketones (excluding diaryl/α,β-unsaturated/α-hetero) is 1. The first kappa shape index (κ1) is 12.3. The average Bonchev–Trinajstić information content (AvgIpc) is 2.25. The molecule has 1 fully saturated rings. The lowest BCUT2D eigenvalue weighted by Crippen LogP contribution is -2.47. The van der Waals surface area contributed by atoms with Crippen LogP contribution in [0.4, 0.5) is 0 Å². The monoisotopic (exact) mass is 212 g/mol. The van der Waals surface area contributed by atoms with E-state index < -0.39 is 0 Å². The highest BCUT2D eigenvalue weighted by atomic mass is 16.1. The molecule has 4 heteroatoms. The number of hydrogen-bond acceptors (Lipinski definition) is 4. The summed E-state index contributed by atoms with van der Waals surface area (Å²) in [5.74, 6) is 0.262. The molecule has 0 spiro atoms. The van der Waals surface area contributed by atoms with Gasteiger partial charge in [0.15, 0.2) is 0 Å². The van der Waals surface area contributed by atoms with Gasteiger partial charge in [0.1, 0.15) is 12.1 Å². The highest BCUT2D eigenvalue weighted by Crippen LogP contribution is 2.02. The highest BCUT2D eigenvalue weighted by Gasteiger charge is 2.15. The second kappa shape index (κ2) is 6.69. The maximum absolute atomic E-state index is 10.8. The molecule has 0 radical (unpaired) electrons. The maximum Gasteiger partial charge on any atom is 0.131 e. The van der Waals surface area contributed by atoms with Crippen LogP contribution < -0.4 is 0 Å². The van der Waals surface area contributed by atoms with E-state index in [1.165, 1.54) is 0 Å². The molecule has 15 heavy (non-hydrogen) atoms. The van der Waals surface area contributed by atoms with Crippen molar-refractivity contribution in [3.8, 4) is 0 Å². The van der Waals surface area contributed by atoms with Gasteiger partial charge >= 0.3 is 0 Å². The molecule has 1 aliphatic rings. The minimum absolute atomic E-state index is 0.262. The predicted molar refractivity (Wildman–Crippen MR) is 58.9 cm³/mol. The first-order chi connectivity index (χ1) is 7.22. The van der Waals surface area contributed by atoms with Gasteiger partial charge in [0.2, 0.25) is 0 Å². The van der Waals surface area contributed by atoms with Crippen LogP contribution >= 0.6 is 0 Å². The van der Waals surface area contributed by atoms with Crippen molar-refractivity contribution in [1.29, 1.82) is 0 Å². The quantitative estimate of drug-likeness (QED) is 0.589. The standard InChI is InChI=1S/C11H20N2O2/c1-11(15)3-5-13-8-6-12(7-9-13)4-2-10-14/h10H,2-9H2,1H3. The summed E-state index contributed by atoms with van der Waals surface area (Å²) in [5, 5.41) is 0. The first-order valence-corrected chi connectivity index (χ1v) is 5.60. The molecule has 4 nitrogen and oxygen atoms in total. The Morgan fingerprint density at radius 3 is 2.13 bits per heavy atom. The number of carbonyl (C=O) groups is 2. The van der Waals surface area contributed by atoms with Gasteiger partial charge in [-0.05, 0) is 6.92 Å². The fourth-order valence-electron chi connectivity index (χ4n) is 1.79. The van der Waals surface area contributed by atoms with Crippen LogP contribution in [0, 0.1) is 0 Å². The van der Waals surface area contributed by atoms with E-state index in [-0.39, 0.29) is 5.78 Å². The second-order valence-corrected chi connectivity index (χ2v) is 4.09. The lowest BCUT2D eigenvalue weighted by Gasteiger charge is -2.34. The summed E-state index contributed by atoms with van der Waals surface area (Å²) in [5.41, 5.74) is 0. The van der Waals surface area contributed by atoms with E-state index >= 15 is 0 Å². The van der Waals surface area contributed by atoms with Gasteiger partial charge in [-0.3, -0.25) is 4.79 Å². The zero-order valence-corrected chi connectivity index (χ0v) is 9.45. The molecule has 0 aliphatic carbocycles. The van der Waals surface area contributed by atoms with Crippen molar-refractivity contribution in [3.63, 3.8) is 0 Å². The maximum atomic E-state index is 10.8. The second-order valence-electron chi connectivity index (χ2n) is 4.09. The van der Waals surface area contributed by atoms with E-state index in [4.69, 9.17) is 0 Å². The number of nitrogens with zero attached hydrogens (tertiary/aromatic N) is 2. The lowest BCUT2D eigenvalue weighted by molar-refractivity contribution is -0.117. The minimum Gasteiger partial charge on any atom is -0.303 e. The summed E-state index contributed by atoms with van der Waals surface area (Å²) >= 11 is 0. The molecule has 1 aliphatic heterocycles. The molecule has 0 unspecified atom stereocenters. The number of hydrogen-bond donors (Lipinski definition) is 0. The zero-order valence-electron chi connectivity index (χ0n) is 9.45.